The first-order valence-electron chi connectivity index (χ1n) is 7.12. The van der Waals surface area contributed by atoms with Gasteiger partial charge in [-0.1, -0.05) is 18.2 Å². The van der Waals surface area contributed by atoms with Gasteiger partial charge in [0.2, 0.25) is 0 Å². The molecule has 2 heteroatoms. The summed E-state index contributed by atoms with van der Waals surface area (Å²) in [4.78, 5) is 2.60. The lowest BCUT2D eigenvalue weighted by Crippen LogP contribution is -2.27. The fraction of sp³-hybridized carbons (Fsp3) is 0.625. The van der Waals surface area contributed by atoms with Crippen molar-refractivity contribution in [1.82, 2.24) is 4.90 Å². The van der Waals surface area contributed by atoms with Crippen LogP contribution in [0.15, 0.2) is 18.2 Å². The molecule has 0 atom stereocenters. The SMILES string of the molecule is Cc1cccc(C)c1CN(CCCCO)C1CC1. The van der Waals surface area contributed by atoms with Gasteiger partial charge < -0.3 is 5.11 Å². The minimum absolute atomic E-state index is 0.321. The zero-order chi connectivity index (χ0) is 13.0. The van der Waals surface area contributed by atoms with E-state index in [1.54, 1.807) is 0 Å². The first-order valence-corrected chi connectivity index (χ1v) is 7.12. The van der Waals surface area contributed by atoms with Crippen LogP contribution in [0.1, 0.15) is 42.4 Å². The minimum Gasteiger partial charge on any atom is -0.396 e. The molecule has 0 heterocycles. The maximum absolute atomic E-state index is 8.89. The van der Waals surface area contributed by atoms with Gasteiger partial charge >= 0.3 is 0 Å². The minimum atomic E-state index is 0.321. The molecule has 1 aliphatic rings. The summed E-state index contributed by atoms with van der Waals surface area (Å²) in [6.07, 6.45) is 4.74. The van der Waals surface area contributed by atoms with E-state index >= 15 is 0 Å². The third-order valence-electron chi connectivity index (χ3n) is 3.92. The number of benzene rings is 1. The van der Waals surface area contributed by atoms with Crippen molar-refractivity contribution in [3.05, 3.63) is 34.9 Å². The Labute approximate surface area is 111 Å². The molecule has 18 heavy (non-hydrogen) atoms. The van der Waals surface area contributed by atoms with Gasteiger partial charge in [0, 0.05) is 19.2 Å². The Morgan fingerprint density at radius 2 is 1.83 bits per heavy atom. The van der Waals surface area contributed by atoms with Crippen molar-refractivity contribution >= 4 is 0 Å². The highest BCUT2D eigenvalue weighted by atomic mass is 16.2. The highest BCUT2D eigenvalue weighted by molar-refractivity contribution is 5.33. The highest BCUT2D eigenvalue weighted by Crippen LogP contribution is 2.29. The lowest BCUT2D eigenvalue weighted by Gasteiger charge is -2.24. The number of rotatable bonds is 7. The molecule has 0 unspecified atom stereocenters. The van der Waals surface area contributed by atoms with Crippen LogP contribution in [-0.2, 0) is 6.54 Å². The van der Waals surface area contributed by atoms with Crippen molar-refractivity contribution in [2.24, 2.45) is 0 Å². The molecular formula is C16H25NO. The molecule has 0 amide bonds. The molecular weight excluding hydrogens is 222 g/mol. The average Bonchev–Trinajstić information content (AvgIpc) is 3.16. The first-order chi connectivity index (χ1) is 8.72. The van der Waals surface area contributed by atoms with Crippen molar-refractivity contribution in [3.63, 3.8) is 0 Å². The van der Waals surface area contributed by atoms with Crippen molar-refractivity contribution in [1.29, 1.82) is 0 Å². The summed E-state index contributed by atoms with van der Waals surface area (Å²) in [5, 5.41) is 8.89. The lowest BCUT2D eigenvalue weighted by molar-refractivity contribution is 0.228. The quantitative estimate of drug-likeness (QED) is 0.749. The Hall–Kier alpha value is -0.860. The second kappa shape index (κ2) is 6.35. The van der Waals surface area contributed by atoms with Crippen LogP contribution in [-0.4, -0.2) is 29.2 Å². The zero-order valence-electron chi connectivity index (χ0n) is 11.7. The van der Waals surface area contributed by atoms with Gasteiger partial charge in [0.1, 0.15) is 0 Å². The number of hydrogen-bond acceptors (Lipinski definition) is 2. The third kappa shape index (κ3) is 3.56. The molecule has 2 nitrogen and oxygen atoms in total. The van der Waals surface area contributed by atoms with Crippen LogP contribution in [0.5, 0.6) is 0 Å². The molecule has 1 N–H and O–H groups in total. The van der Waals surface area contributed by atoms with Crippen LogP contribution in [0.3, 0.4) is 0 Å². The second-order valence-electron chi connectivity index (χ2n) is 5.50. The number of aliphatic hydroxyl groups excluding tert-OH is 1. The van der Waals surface area contributed by atoms with Crippen molar-refractivity contribution in [2.45, 2.75) is 52.1 Å². The molecule has 1 fully saturated rings. The maximum atomic E-state index is 8.89. The van der Waals surface area contributed by atoms with E-state index in [2.05, 4.69) is 36.9 Å². The second-order valence-corrected chi connectivity index (χ2v) is 5.50. The van der Waals surface area contributed by atoms with Crippen molar-refractivity contribution < 1.29 is 5.11 Å². The molecule has 1 saturated carbocycles. The van der Waals surface area contributed by atoms with Crippen LogP contribution in [0.25, 0.3) is 0 Å². The largest absolute Gasteiger partial charge is 0.396 e. The van der Waals surface area contributed by atoms with E-state index in [0.717, 1.165) is 32.0 Å². The normalized spacial score (nSPS) is 15.3. The van der Waals surface area contributed by atoms with Crippen LogP contribution < -0.4 is 0 Å². The average molecular weight is 247 g/mol. The van der Waals surface area contributed by atoms with Gasteiger partial charge in [0.05, 0.1) is 0 Å². The van der Waals surface area contributed by atoms with E-state index < -0.39 is 0 Å². The molecule has 0 aromatic heterocycles. The Morgan fingerprint density at radius 1 is 1.17 bits per heavy atom. The predicted octanol–water partition coefficient (Wildman–Crippen LogP) is 3.04. The number of aryl methyl sites for hydroxylation is 2. The van der Waals surface area contributed by atoms with Gasteiger partial charge in [0.15, 0.2) is 0 Å². The number of hydrogen-bond donors (Lipinski definition) is 1. The summed E-state index contributed by atoms with van der Waals surface area (Å²) in [5.41, 5.74) is 4.30. The molecule has 2 rings (SSSR count). The number of aliphatic hydroxyl groups is 1. The molecule has 100 valence electrons. The molecule has 0 bridgehead atoms. The van der Waals surface area contributed by atoms with Gasteiger partial charge in [-0.3, -0.25) is 4.90 Å². The predicted molar refractivity (Wildman–Crippen MR) is 75.7 cm³/mol. The van der Waals surface area contributed by atoms with Crippen molar-refractivity contribution in [3.8, 4) is 0 Å². The van der Waals surface area contributed by atoms with Crippen LogP contribution in [0, 0.1) is 13.8 Å². The summed E-state index contributed by atoms with van der Waals surface area (Å²) in [6.45, 7) is 6.94. The van der Waals surface area contributed by atoms with Crippen LogP contribution in [0.2, 0.25) is 0 Å². The standard InChI is InChI=1S/C16H25NO/c1-13-6-5-7-14(2)16(13)12-17(15-8-9-15)10-3-4-11-18/h5-7,15,18H,3-4,8-12H2,1-2H3. The highest BCUT2D eigenvalue weighted by Gasteiger charge is 2.28. The van der Waals surface area contributed by atoms with E-state index in [1.807, 2.05) is 0 Å². The number of unbranched alkanes of at least 4 members (excludes halogenated alkanes) is 1. The zero-order valence-corrected chi connectivity index (χ0v) is 11.7. The summed E-state index contributed by atoms with van der Waals surface area (Å²) in [5.74, 6) is 0. The molecule has 0 radical (unpaired) electrons. The lowest BCUT2D eigenvalue weighted by atomic mass is 10.0. The monoisotopic (exact) mass is 247 g/mol. The fourth-order valence-electron chi connectivity index (χ4n) is 2.56. The van der Waals surface area contributed by atoms with E-state index in [4.69, 9.17) is 5.11 Å². The molecule has 0 saturated heterocycles. The van der Waals surface area contributed by atoms with Gasteiger partial charge in [-0.05, 0) is 62.8 Å². The van der Waals surface area contributed by atoms with Crippen molar-refractivity contribution in [2.75, 3.05) is 13.2 Å². The Bertz CT molecular complexity index is 364. The maximum Gasteiger partial charge on any atom is 0.0431 e. The molecule has 0 spiro atoms. The van der Waals surface area contributed by atoms with E-state index in [0.29, 0.717) is 6.61 Å². The summed E-state index contributed by atoms with van der Waals surface area (Å²) in [7, 11) is 0. The Morgan fingerprint density at radius 3 is 2.39 bits per heavy atom. The topological polar surface area (TPSA) is 23.5 Å². The Balaban J connectivity index is 1.99. The first kappa shape index (κ1) is 13.6. The Kier molecular flexibility index (Phi) is 4.79. The summed E-state index contributed by atoms with van der Waals surface area (Å²) >= 11 is 0. The van der Waals surface area contributed by atoms with E-state index in [-0.39, 0.29) is 0 Å². The van der Waals surface area contributed by atoms with Gasteiger partial charge in [0.25, 0.3) is 0 Å². The third-order valence-corrected chi connectivity index (χ3v) is 3.92. The van der Waals surface area contributed by atoms with Gasteiger partial charge in [-0.2, -0.15) is 0 Å². The smallest absolute Gasteiger partial charge is 0.0431 e. The van der Waals surface area contributed by atoms with Crippen LogP contribution >= 0.6 is 0 Å². The molecule has 1 aromatic rings. The van der Waals surface area contributed by atoms with Gasteiger partial charge in [-0.15, -0.1) is 0 Å². The molecule has 1 aromatic carbocycles. The summed E-state index contributed by atoms with van der Waals surface area (Å²) in [6, 6.07) is 7.35. The van der Waals surface area contributed by atoms with Gasteiger partial charge in [-0.25, -0.2) is 0 Å². The number of nitrogens with zero attached hydrogens (tertiary/aromatic N) is 1. The van der Waals surface area contributed by atoms with E-state index in [1.165, 1.54) is 29.5 Å². The fourth-order valence-corrected chi connectivity index (χ4v) is 2.56. The van der Waals surface area contributed by atoms with Crippen LogP contribution in [0.4, 0.5) is 0 Å². The molecule has 1 aliphatic carbocycles. The van der Waals surface area contributed by atoms with E-state index in [9.17, 15) is 0 Å². The summed E-state index contributed by atoms with van der Waals surface area (Å²) < 4.78 is 0. The molecule has 0 aliphatic heterocycles.